The molecule has 1 heterocycles. The molecule has 4 heteroatoms. The van der Waals surface area contributed by atoms with E-state index in [-0.39, 0.29) is 24.5 Å². The fourth-order valence-electron chi connectivity index (χ4n) is 1.29. The number of aliphatic hydroxyl groups is 1. The third-order valence-corrected chi connectivity index (χ3v) is 2.62. The Morgan fingerprint density at radius 3 is 2.88 bits per heavy atom. The van der Waals surface area contributed by atoms with E-state index in [0.717, 1.165) is 5.56 Å². The largest absolute Gasteiger partial charge is 0.396 e. The molecule has 2 unspecified atom stereocenters. The molecule has 2 atom stereocenters. The van der Waals surface area contributed by atoms with Crippen molar-refractivity contribution >= 4 is 5.91 Å². The number of carbonyl (C=O) groups excluding carboxylic acids is 1. The van der Waals surface area contributed by atoms with Crippen LogP contribution in [0.15, 0.2) is 24.5 Å². The summed E-state index contributed by atoms with van der Waals surface area (Å²) in [6.45, 7) is 3.87. The molecule has 0 saturated heterocycles. The van der Waals surface area contributed by atoms with Crippen LogP contribution in [-0.2, 0) is 11.2 Å². The molecule has 1 aromatic heterocycles. The molecule has 1 amide bonds. The molecule has 0 fully saturated rings. The van der Waals surface area contributed by atoms with Crippen LogP contribution in [-0.4, -0.2) is 28.6 Å². The molecule has 16 heavy (non-hydrogen) atoms. The van der Waals surface area contributed by atoms with Crippen molar-refractivity contribution in [3.8, 4) is 0 Å². The first-order valence-corrected chi connectivity index (χ1v) is 5.42. The van der Waals surface area contributed by atoms with Gasteiger partial charge >= 0.3 is 0 Å². The first kappa shape index (κ1) is 12.6. The van der Waals surface area contributed by atoms with Gasteiger partial charge in [-0.25, -0.2) is 0 Å². The second kappa shape index (κ2) is 6.23. The van der Waals surface area contributed by atoms with E-state index in [1.165, 1.54) is 0 Å². The van der Waals surface area contributed by atoms with Crippen molar-refractivity contribution in [3.63, 3.8) is 0 Å². The molecule has 0 aromatic carbocycles. The minimum absolute atomic E-state index is 0.0193. The minimum atomic E-state index is -0.0409. The summed E-state index contributed by atoms with van der Waals surface area (Å²) >= 11 is 0. The van der Waals surface area contributed by atoms with E-state index in [1.54, 1.807) is 12.4 Å². The maximum atomic E-state index is 11.6. The van der Waals surface area contributed by atoms with Gasteiger partial charge in [-0.15, -0.1) is 0 Å². The molecule has 88 valence electrons. The summed E-state index contributed by atoms with van der Waals surface area (Å²) in [7, 11) is 0. The second-order valence-corrected chi connectivity index (χ2v) is 4.05. The second-order valence-electron chi connectivity index (χ2n) is 4.05. The monoisotopic (exact) mass is 222 g/mol. The fourth-order valence-corrected chi connectivity index (χ4v) is 1.29. The number of hydrogen-bond donors (Lipinski definition) is 2. The average molecular weight is 222 g/mol. The van der Waals surface area contributed by atoms with E-state index >= 15 is 0 Å². The molecular formula is C12H18N2O2. The van der Waals surface area contributed by atoms with Gasteiger partial charge in [0.1, 0.15) is 0 Å². The van der Waals surface area contributed by atoms with E-state index in [1.807, 2.05) is 26.0 Å². The van der Waals surface area contributed by atoms with Crippen LogP contribution in [0.25, 0.3) is 0 Å². The van der Waals surface area contributed by atoms with Crippen molar-refractivity contribution in [2.45, 2.75) is 26.3 Å². The predicted molar refractivity (Wildman–Crippen MR) is 61.8 cm³/mol. The Morgan fingerprint density at radius 1 is 1.56 bits per heavy atom. The van der Waals surface area contributed by atoms with Gasteiger partial charge in [-0.1, -0.05) is 13.0 Å². The summed E-state index contributed by atoms with van der Waals surface area (Å²) in [4.78, 5) is 15.6. The lowest BCUT2D eigenvalue weighted by Gasteiger charge is -2.19. The number of hydrogen-bond acceptors (Lipinski definition) is 3. The van der Waals surface area contributed by atoms with Crippen molar-refractivity contribution in [2.75, 3.05) is 6.61 Å². The molecule has 0 radical (unpaired) electrons. The zero-order chi connectivity index (χ0) is 12.0. The molecule has 0 saturated carbocycles. The van der Waals surface area contributed by atoms with Gasteiger partial charge in [-0.2, -0.15) is 0 Å². The highest BCUT2D eigenvalue weighted by Gasteiger charge is 2.13. The lowest BCUT2D eigenvalue weighted by Crippen LogP contribution is -2.39. The Kier molecular flexibility index (Phi) is 4.92. The number of carbonyl (C=O) groups is 1. The fraction of sp³-hybridized carbons (Fsp3) is 0.500. The molecule has 1 rings (SSSR count). The van der Waals surface area contributed by atoms with Crippen molar-refractivity contribution in [1.82, 2.24) is 10.3 Å². The lowest BCUT2D eigenvalue weighted by atomic mass is 10.0. The van der Waals surface area contributed by atoms with Gasteiger partial charge in [0.25, 0.3) is 0 Å². The number of aromatic nitrogens is 1. The molecule has 2 N–H and O–H groups in total. The quantitative estimate of drug-likeness (QED) is 0.773. The number of aliphatic hydroxyl groups excluding tert-OH is 1. The third-order valence-electron chi connectivity index (χ3n) is 2.62. The van der Waals surface area contributed by atoms with Crippen molar-refractivity contribution in [1.29, 1.82) is 0 Å². The van der Waals surface area contributed by atoms with Crippen LogP contribution in [0.4, 0.5) is 0 Å². The topological polar surface area (TPSA) is 62.2 Å². The van der Waals surface area contributed by atoms with E-state index < -0.39 is 0 Å². The van der Waals surface area contributed by atoms with E-state index in [4.69, 9.17) is 5.11 Å². The Bertz CT molecular complexity index is 327. The highest BCUT2D eigenvalue weighted by molar-refractivity contribution is 5.78. The first-order chi connectivity index (χ1) is 7.63. The van der Waals surface area contributed by atoms with Crippen molar-refractivity contribution in [2.24, 2.45) is 5.92 Å². The van der Waals surface area contributed by atoms with E-state index in [2.05, 4.69) is 10.3 Å². The van der Waals surface area contributed by atoms with Crippen molar-refractivity contribution < 1.29 is 9.90 Å². The maximum Gasteiger partial charge on any atom is 0.224 e. The van der Waals surface area contributed by atoms with Crippen LogP contribution < -0.4 is 5.32 Å². The zero-order valence-corrected chi connectivity index (χ0v) is 9.68. The Hall–Kier alpha value is -1.42. The molecule has 0 aliphatic carbocycles. The number of rotatable bonds is 5. The highest BCUT2D eigenvalue weighted by atomic mass is 16.3. The van der Waals surface area contributed by atoms with Gasteiger partial charge < -0.3 is 10.4 Å². The lowest BCUT2D eigenvalue weighted by molar-refractivity contribution is -0.121. The van der Waals surface area contributed by atoms with Crippen LogP contribution in [0, 0.1) is 5.92 Å². The molecular weight excluding hydrogens is 204 g/mol. The zero-order valence-electron chi connectivity index (χ0n) is 9.68. The van der Waals surface area contributed by atoms with Gasteiger partial charge in [0.2, 0.25) is 5.91 Å². The molecule has 0 spiro atoms. The van der Waals surface area contributed by atoms with Crippen LogP contribution in [0.1, 0.15) is 19.4 Å². The normalized spacial score (nSPS) is 14.2. The molecule has 0 aliphatic rings. The van der Waals surface area contributed by atoms with Gasteiger partial charge in [0, 0.05) is 25.0 Å². The summed E-state index contributed by atoms with van der Waals surface area (Å²) in [5, 5.41) is 11.8. The van der Waals surface area contributed by atoms with Gasteiger partial charge in [-0.3, -0.25) is 9.78 Å². The van der Waals surface area contributed by atoms with Crippen molar-refractivity contribution in [3.05, 3.63) is 30.1 Å². The predicted octanol–water partition coefficient (Wildman–Crippen LogP) is 0.757. The van der Waals surface area contributed by atoms with Crippen LogP contribution in [0.2, 0.25) is 0 Å². The summed E-state index contributed by atoms with van der Waals surface area (Å²) < 4.78 is 0. The SMILES string of the molecule is CC(CO)C(C)NC(=O)Cc1cccnc1. The summed E-state index contributed by atoms with van der Waals surface area (Å²) in [6.07, 6.45) is 3.69. The van der Waals surface area contributed by atoms with Crippen LogP contribution >= 0.6 is 0 Å². The molecule has 0 bridgehead atoms. The molecule has 4 nitrogen and oxygen atoms in total. The molecule has 1 aromatic rings. The Morgan fingerprint density at radius 2 is 2.31 bits per heavy atom. The number of amides is 1. The van der Waals surface area contributed by atoms with Gasteiger partial charge in [0.15, 0.2) is 0 Å². The smallest absolute Gasteiger partial charge is 0.224 e. The highest BCUT2D eigenvalue weighted by Crippen LogP contribution is 2.02. The molecule has 0 aliphatic heterocycles. The third kappa shape index (κ3) is 3.98. The van der Waals surface area contributed by atoms with Crippen LogP contribution in [0.3, 0.4) is 0 Å². The minimum Gasteiger partial charge on any atom is -0.396 e. The average Bonchev–Trinajstić information content (AvgIpc) is 2.29. The summed E-state index contributed by atoms with van der Waals surface area (Å²) in [6, 6.07) is 3.66. The Balaban J connectivity index is 2.42. The van der Waals surface area contributed by atoms with E-state index in [0.29, 0.717) is 6.42 Å². The number of nitrogens with one attached hydrogen (secondary N) is 1. The number of nitrogens with zero attached hydrogens (tertiary/aromatic N) is 1. The standard InChI is InChI=1S/C12H18N2O2/c1-9(8-15)10(2)14-12(16)6-11-4-3-5-13-7-11/h3-5,7,9-10,15H,6,8H2,1-2H3,(H,14,16). The Labute approximate surface area is 95.7 Å². The van der Waals surface area contributed by atoms with Crippen LogP contribution in [0.5, 0.6) is 0 Å². The first-order valence-electron chi connectivity index (χ1n) is 5.42. The van der Waals surface area contributed by atoms with Gasteiger partial charge in [0.05, 0.1) is 6.42 Å². The van der Waals surface area contributed by atoms with E-state index in [9.17, 15) is 4.79 Å². The van der Waals surface area contributed by atoms with Gasteiger partial charge in [-0.05, 0) is 24.5 Å². The summed E-state index contributed by atoms with van der Waals surface area (Å²) in [5.74, 6) is 0.0265. The number of pyridine rings is 1. The maximum absolute atomic E-state index is 11.6. The summed E-state index contributed by atoms with van der Waals surface area (Å²) in [5.41, 5.74) is 0.892.